The zero-order valence-corrected chi connectivity index (χ0v) is 12.0. The molecule has 2 rings (SSSR count). The number of rotatable bonds is 5. The van der Waals surface area contributed by atoms with E-state index in [9.17, 15) is 4.79 Å². The maximum absolute atomic E-state index is 11.8. The van der Waals surface area contributed by atoms with Crippen molar-refractivity contribution < 1.29 is 4.79 Å². The lowest BCUT2D eigenvalue weighted by molar-refractivity contribution is -0.116. The van der Waals surface area contributed by atoms with Gasteiger partial charge in [-0.15, -0.1) is 0 Å². The van der Waals surface area contributed by atoms with Crippen LogP contribution in [0.1, 0.15) is 18.5 Å². The Balaban J connectivity index is 1.80. The number of nitrogens with one attached hydrogen (secondary N) is 1. The number of hydrogen-bond acceptors (Lipinski definition) is 3. The number of nitrogen functional groups attached to an aromatic ring is 1. The van der Waals surface area contributed by atoms with Gasteiger partial charge in [-0.2, -0.15) is 5.10 Å². The molecule has 0 fully saturated rings. The summed E-state index contributed by atoms with van der Waals surface area (Å²) < 4.78 is 1.75. The lowest BCUT2D eigenvalue weighted by Gasteiger charge is -2.07. The summed E-state index contributed by atoms with van der Waals surface area (Å²) in [5, 5.41) is 7.68. The van der Waals surface area contributed by atoms with Crippen LogP contribution >= 0.6 is 11.6 Å². The first-order valence-electron chi connectivity index (χ1n) is 6.40. The molecule has 0 aliphatic carbocycles. The van der Waals surface area contributed by atoms with Gasteiger partial charge in [-0.05, 0) is 25.5 Å². The quantitative estimate of drug-likeness (QED) is 0.832. The number of aromatic nitrogens is 2. The van der Waals surface area contributed by atoms with Gasteiger partial charge in [0, 0.05) is 19.2 Å². The van der Waals surface area contributed by atoms with Gasteiger partial charge in [-0.3, -0.25) is 9.48 Å². The van der Waals surface area contributed by atoms with Crippen LogP contribution in [-0.2, 0) is 11.3 Å². The second-order valence-electron chi connectivity index (χ2n) is 4.56. The van der Waals surface area contributed by atoms with Gasteiger partial charge in [0.2, 0.25) is 5.91 Å². The Morgan fingerprint density at radius 1 is 1.45 bits per heavy atom. The van der Waals surface area contributed by atoms with E-state index in [-0.39, 0.29) is 5.91 Å². The van der Waals surface area contributed by atoms with Crippen LogP contribution in [0.15, 0.2) is 30.5 Å². The first kappa shape index (κ1) is 14.4. The number of carbonyl (C=O) groups excluding carboxylic acids is 1. The third-order valence-corrected chi connectivity index (χ3v) is 3.28. The van der Waals surface area contributed by atoms with E-state index in [0.29, 0.717) is 35.8 Å². The SMILES string of the molecule is Cc1nn(CCCC(=O)Nc2ccccc2N)cc1Cl. The van der Waals surface area contributed by atoms with Crippen LogP contribution in [0.25, 0.3) is 0 Å². The molecule has 5 nitrogen and oxygen atoms in total. The zero-order chi connectivity index (χ0) is 14.5. The van der Waals surface area contributed by atoms with Gasteiger partial charge in [0.15, 0.2) is 0 Å². The minimum absolute atomic E-state index is 0.0575. The molecule has 6 heteroatoms. The van der Waals surface area contributed by atoms with Gasteiger partial charge in [0.25, 0.3) is 0 Å². The molecule has 1 heterocycles. The first-order valence-corrected chi connectivity index (χ1v) is 6.78. The molecule has 1 amide bonds. The Bertz CT molecular complexity index is 589. The molecule has 3 N–H and O–H groups in total. The fraction of sp³-hybridized carbons (Fsp3) is 0.286. The first-order chi connectivity index (χ1) is 9.56. The number of amides is 1. The van der Waals surface area contributed by atoms with Crippen LogP contribution in [0.3, 0.4) is 0 Å². The van der Waals surface area contributed by atoms with Crippen molar-refractivity contribution in [1.29, 1.82) is 0 Å². The summed E-state index contributed by atoms with van der Waals surface area (Å²) in [6, 6.07) is 7.20. The van der Waals surface area contributed by atoms with Crippen molar-refractivity contribution in [3.8, 4) is 0 Å². The lowest BCUT2D eigenvalue weighted by atomic mass is 10.2. The Hall–Kier alpha value is -2.01. The van der Waals surface area contributed by atoms with Gasteiger partial charge < -0.3 is 11.1 Å². The second kappa shape index (κ2) is 6.43. The summed E-state index contributed by atoms with van der Waals surface area (Å²) in [4.78, 5) is 11.8. The number of benzene rings is 1. The average molecular weight is 293 g/mol. The molecule has 0 saturated heterocycles. The van der Waals surface area contributed by atoms with Crippen molar-refractivity contribution in [1.82, 2.24) is 9.78 Å². The van der Waals surface area contributed by atoms with Crippen molar-refractivity contribution in [3.05, 3.63) is 41.2 Å². The number of nitrogens with zero attached hydrogens (tertiary/aromatic N) is 2. The molecule has 1 aromatic carbocycles. The summed E-state index contributed by atoms with van der Waals surface area (Å²) in [5.41, 5.74) is 7.78. The normalized spacial score (nSPS) is 10.5. The molecule has 0 aliphatic heterocycles. The molecule has 20 heavy (non-hydrogen) atoms. The smallest absolute Gasteiger partial charge is 0.224 e. The van der Waals surface area contributed by atoms with E-state index in [4.69, 9.17) is 17.3 Å². The number of hydrogen-bond donors (Lipinski definition) is 2. The molecular weight excluding hydrogens is 276 g/mol. The molecule has 0 atom stereocenters. The van der Waals surface area contributed by atoms with Crippen LogP contribution in [0, 0.1) is 6.92 Å². The highest BCUT2D eigenvalue weighted by molar-refractivity contribution is 6.31. The number of para-hydroxylation sites is 2. The van der Waals surface area contributed by atoms with Crippen LogP contribution in [0.2, 0.25) is 5.02 Å². The third-order valence-electron chi connectivity index (χ3n) is 2.91. The molecular formula is C14H17ClN4O. The summed E-state index contributed by atoms with van der Waals surface area (Å²) in [5.74, 6) is -0.0575. The van der Waals surface area contributed by atoms with Crippen LogP contribution < -0.4 is 11.1 Å². The highest BCUT2D eigenvalue weighted by atomic mass is 35.5. The molecule has 0 spiro atoms. The summed E-state index contributed by atoms with van der Waals surface area (Å²) in [7, 11) is 0. The average Bonchev–Trinajstić information content (AvgIpc) is 2.71. The minimum Gasteiger partial charge on any atom is -0.397 e. The number of halogens is 1. The molecule has 0 bridgehead atoms. The Morgan fingerprint density at radius 3 is 2.85 bits per heavy atom. The van der Waals surface area contributed by atoms with Crippen molar-refractivity contribution in [2.45, 2.75) is 26.3 Å². The van der Waals surface area contributed by atoms with E-state index in [1.54, 1.807) is 23.0 Å². The van der Waals surface area contributed by atoms with E-state index in [1.165, 1.54) is 0 Å². The van der Waals surface area contributed by atoms with E-state index in [2.05, 4.69) is 10.4 Å². The Morgan fingerprint density at radius 2 is 2.20 bits per heavy atom. The summed E-state index contributed by atoms with van der Waals surface area (Å²) in [6.45, 7) is 2.51. The number of anilines is 2. The molecule has 0 aliphatic rings. The van der Waals surface area contributed by atoms with E-state index < -0.39 is 0 Å². The maximum atomic E-state index is 11.8. The van der Waals surface area contributed by atoms with Crippen molar-refractivity contribution >= 4 is 28.9 Å². The number of nitrogens with two attached hydrogens (primary N) is 1. The fourth-order valence-corrected chi connectivity index (χ4v) is 1.98. The van der Waals surface area contributed by atoms with Gasteiger partial charge in [-0.25, -0.2) is 0 Å². The molecule has 2 aromatic rings. The third kappa shape index (κ3) is 3.74. The number of aryl methyl sites for hydroxylation is 2. The van der Waals surface area contributed by atoms with Gasteiger partial charge in [-0.1, -0.05) is 23.7 Å². The standard InChI is InChI=1S/C14H17ClN4O/c1-10-11(15)9-19(18-10)8-4-7-14(20)17-13-6-3-2-5-12(13)16/h2-3,5-6,9H,4,7-8,16H2,1H3,(H,17,20). The summed E-state index contributed by atoms with van der Waals surface area (Å²) >= 11 is 5.92. The zero-order valence-electron chi connectivity index (χ0n) is 11.3. The van der Waals surface area contributed by atoms with Crippen molar-refractivity contribution in [2.75, 3.05) is 11.1 Å². The van der Waals surface area contributed by atoms with Gasteiger partial charge >= 0.3 is 0 Å². The predicted octanol–water partition coefficient (Wildman–Crippen LogP) is 2.85. The highest BCUT2D eigenvalue weighted by Crippen LogP contribution is 2.17. The predicted molar refractivity (Wildman–Crippen MR) is 80.7 cm³/mol. The minimum atomic E-state index is -0.0575. The van der Waals surface area contributed by atoms with Crippen LogP contribution in [-0.4, -0.2) is 15.7 Å². The van der Waals surface area contributed by atoms with E-state index in [0.717, 1.165) is 5.69 Å². The second-order valence-corrected chi connectivity index (χ2v) is 4.97. The van der Waals surface area contributed by atoms with Crippen molar-refractivity contribution in [2.24, 2.45) is 0 Å². The van der Waals surface area contributed by atoms with Gasteiger partial charge in [0.05, 0.1) is 22.1 Å². The topological polar surface area (TPSA) is 72.9 Å². The molecule has 0 saturated carbocycles. The molecule has 106 valence electrons. The fourth-order valence-electron chi connectivity index (χ4n) is 1.83. The van der Waals surface area contributed by atoms with E-state index >= 15 is 0 Å². The Labute approximate surface area is 122 Å². The monoisotopic (exact) mass is 292 g/mol. The highest BCUT2D eigenvalue weighted by Gasteiger charge is 2.06. The number of carbonyl (C=O) groups is 1. The maximum Gasteiger partial charge on any atom is 0.224 e. The summed E-state index contributed by atoms with van der Waals surface area (Å²) in [6.07, 6.45) is 2.87. The van der Waals surface area contributed by atoms with Crippen LogP contribution in [0.5, 0.6) is 0 Å². The van der Waals surface area contributed by atoms with Crippen molar-refractivity contribution in [3.63, 3.8) is 0 Å². The van der Waals surface area contributed by atoms with Gasteiger partial charge in [0.1, 0.15) is 0 Å². The lowest BCUT2D eigenvalue weighted by Crippen LogP contribution is -2.13. The van der Waals surface area contributed by atoms with Crippen LogP contribution in [0.4, 0.5) is 11.4 Å². The molecule has 0 radical (unpaired) electrons. The molecule has 1 aromatic heterocycles. The molecule has 0 unspecified atom stereocenters. The Kier molecular flexibility index (Phi) is 4.63. The van der Waals surface area contributed by atoms with E-state index in [1.807, 2.05) is 19.1 Å². The largest absolute Gasteiger partial charge is 0.397 e.